The Morgan fingerprint density at radius 1 is 1.41 bits per heavy atom. The summed E-state index contributed by atoms with van der Waals surface area (Å²) in [6.07, 6.45) is 3.22. The molecule has 0 atom stereocenters. The van der Waals surface area contributed by atoms with E-state index in [0.29, 0.717) is 25.5 Å². The Bertz CT molecular complexity index is 619. The summed E-state index contributed by atoms with van der Waals surface area (Å²) >= 11 is 0. The third-order valence-electron chi connectivity index (χ3n) is 4.28. The van der Waals surface area contributed by atoms with Crippen LogP contribution in [0.1, 0.15) is 52.2 Å². The molecule has 9 heteroatoms. The van der Waals surface area contributed by atoms with Gasteiger partial charge in [0.1, 0.15) is 12.3 Å². The number of nitrogens with zero attached hydrogens (tertiary/aromatic N) is 3. The van der Waals surface area contributed by atoms with Crippen LogP contribution in [0.15, 0.2) is 15.6 Å². The standard InChI is InChI=1S/C18H31N5O3.HI/c1-6-19-16(21-12-15-20-11-14(26-15)18(2,3)4)22-13-7-9-23(10-8-13)17(24)25-5;/h11,13H,6-10,12H2,1-5H3,(H2,19,21,22);1H. The van der Waals surface area contributed by atoms with E-state index in [-0.39, 0.29) is 41.5 Å². The van der Waals surface area contributed by atoms with E-state index >= 15 is 0 Å². The van der Waals surface area contributed by atoms with E-state index in [9.17, 15) is 4.79 Å². The van der Waals surface area contributed by atoms with Crippen molar-refractivity contribution in [3.8, 4) is 0 Å². The highest BCUT2D eigenvalue weighted by atomic mass is 127. The minimum Gasteiger partial charge on any atom is -0.453 e. The number of ether oxygens (including phenoxy) is 1. The number of hydrogen-bond donors (Lipinski definition) is 2. The first kappa shape index (κ1) is 23.5. The predicted octanol–water partition coefficient (Wildman–Crippen LogP) is 2.88. The normalized spacial score (nSPS) is 15.9. The molecule has 154 valence electrons. The molecule has 1 aromatic rings. The summed E-state index contributed by atoms with van der Waals surface area (Å²) < 4.78 is 10.6. The summed E-state index contributed by atoms with van der Waals surface area (Å²) in [4.78, 5) is 22.2. The van der Waals surface area contributed by atoms with E-state index in [0.717, 1.165) is 31.1 Å². The lowest BCUT2D eigenvalue weighted by molar-refractivity contribution is 0.111. The average molecular weight is 493 g/mol. The van der Waals surface area contributed by atoms with Crippen molar-refractivity contribution in [1.82, 2.24) is 20.5 Å². The zero-order valence-corrected chi connectivity index (χ0v) is 19.2. The van der Waals surface area contributed by atoms with E-state index in [4.69, 9.17) is 9.15 Å². The Balaban J connectivity index is 0.00000364. The molecule has 2 N–H and O–H groups in total. The molecule has 0 saturated carbocycles. The quantitative estimate of drug-likeness (QED) is 0.381. The Labute approximate surface area is 178 Å². The van der Waals surface area contributed by atoms with Gasteiger partial charge >= 0.3 is 6.09 Å². The zero-order chi connectivity index (χ0) is 19.2. The molecule has 27 heavy (non-hydrogen) atoms. The molecule has 2 rings (SSSR count). The Hall–Kier alpha value is -1.52. The first-order chi connectivity index (χ1) is 12.3. The molecule has 1 aromatic heterocycles. The van der Waals surface area contributed by atoms with Crippen LogP contribution >= 0.6 is 24.0 Å². The third kappa shape index (κ3) is 7.19. The fourth-order valence-electron chi connectivity index (χ4n) is 2.73. The van der Waals surface area contributed by atoms with Crippen molar-refractivity contribution in [1.29, 1.82) is 0 Å². The summed E-state index contributed by atoms with van der Waals surface area (Å²) in [6, 6.07) is 0.267. The van der Waals surface area contributed by atoms with Crippen molar-refractivity contribution in [2.24, 2.45) is 4.99 Å². The molecule has 1 fully saturated rings. The summed E-state index contributed by atoms with van der Waals surface area (Å²) in [5.41, 5.74) is -0.0642. The van der Waals surface area contributed by atoms with Crippen molar-refractivity contribution in [2.45, 2.75) is 58.5 Å². The molecule has 0 aliphatic carbocycles. The molecular formula is C18H32IN5O3. The van der Waals surface area contributed by atoms with Gasteiger partial charge in [-0.05, 0) is 19.8 Å². The van der Waals surface area contributed by atoms with E-state index in [2.05, 4.69) is 41.4 Å². The number of aliphatic imine (C=N–C) groups is 1. The van der Waals surface area contributed by atoms with Gasteiger partial charge in [-0.15, -0.1) is 24.0 Å². The molecule has 0 bridgehead atoms. The highest BCUT2D eigenvalue weighted by Gasteiger charge is 2.24. The molecule has 8 nitrogen and oxygen atoms in total. The minimum absolute atomic E-state index is 0. The van der Waals surface area contributed by atoms with Gasteiger partial charge < -0.3 is 24.7 Å². The van der Waals surface area contributed by atoms with E-state index < -0.39 is 0 Å². The van der Waals surface area contributed by atoms with Gasteiger partial charge in [0.25, 0.3) is 0 Å². The van der Waals surface area contributed by atoms with Crippen molar-refractivity contribution in [2.75, 3.05) is 26.7 Å². The van der Waals surface area contributed by atoms with Crippen molar-refractivity contribution in [3.05, 3.63) is 17.8 Å². The predicted molar refractivity (Wildman–Crippen MR) is 116 cm³/mol. The monoisotopic (exact) mass is 493 g/mol. The zero-order valence-electron chi connectivity index (χ0n) is 16.9. The number of carbonyl (C=O) groups is 1. The van der Waals surface area contributed by atoms with Crippen LogP contribution in [-0.2, 0) is 16.7 Å². The fraction of sp³-hybridized carbons (Fsp3) is 0.722. The van der Waals surface area contributed by atoms with Crippen LogP contribution in [0.2, 0.25) is 0 Å². The van der Waals surface area contributed by atoms with Gasteiger partial charge in [0.15, 0.2) is 5.96 Å². The molecule has 1 aliphatic rings. The fourth-order valence-corrected chi connectivity index (χ4v) is 2.73. The van der Waals surface area contributed by atoms with Gasteiger partial charge in [-0.1, -0.05) is 20.8 Å². The number of likely N-dealkylation sites (tertiary alicyclic amines) is 1. The van der Waals surface area contributed by atoms with Gasteiger partial charge in [0.05, 0.1) is 13.3 Å². The van der Waals surface area contributed by atoms with Crippen LogP contribution in [-0.4, -0.2) is 54.7 Å². The van der Waals surface area contributed by atoms with Crippen LogP contribution in [0.4, 0.5) is 4.79 Å². The first-order valence-corrected chi connectivity index (χ1v) is 9.16. The van der Waals surface area contributed by atoms with E-state index in [1.807, 2.05) is 6.92 Å². The molecule has 0 unspecified atom stereocenters. The molecule has 0 radical (unpaired) electrons. The lowest BCUT2D eigenvalue weighted by Gasteiger charge is -2.32. The number of halogens is 1. The van der Waals surface area contributed by atoms with Crippen molar-refractivity contribution >= 4 is 36.0 Å². The molecular weight excluding hydrogens is 461 g/mol. The number of methoxy groups -OCH3 is 1. The topological polar surface area (TPSA) is 92.0 Å². The summed E-state index contributed by atoms with van der Waals surface area (Å²) in [6.45, 7) is 10.8. The van der Waals surface area contributed by atoms with Crippen LogP contribution in [0.25, 0.3) is 0 Å². The Kier molecular flexibility index (Phi) is 9.34. The highest BCUT2D eigenvalue weighted by Crippen LogP contribution is 2.22. The van der Waals surface area contributed by atoms with Crippen LogP contribution in [0.5, 0.6) is 0 Å². The Morgan fingerprint density at radius 2 is 2.07 bits per heavy atom. The van der Waals surface area contributed by atoms with Crippen LogP contribution in [0, 0.1) is 0 Å². The maximum atomic E-state index is 11.6. The average Bonchev–Trinajstić information content (AvgIpc) is 3.09. The number of oxazole rings is 1. The maximum absolute atomic E-state index is 11.6. The lowest BCUT2D eigenvalue weighted by atomic mass is 9.94. The second-order valence-electron chi connectivity index (χ2n) is 7.44. The summed E-state index contributed by atoms with van der Waals surface area (Å²) in [7, 11) is 1.41. The number of piperidine rings is 1. The second-order valence-corrected chi connectivity index (χ2v) is 7.44. The number of amides is 1. The van der Waals surface area contributed by atoms with Gasteiger partial charge in [0, 0.05) is 31.1 Å². The maximum Gasteiger partial charge on any atom is 0.409 e. The number of rotatable bonds is 4. The van der Waals surface area contributed by atoms with Crippen LogP contribution in [0.3, 0.4) is 0 Å². The lowest BCUT2D eigenvalue weighted by Crippen LogP contribution is -2.49. The molecule has 1 amide bonds. The molecule has 0 aromatic carbocycles. The number of aromatic nitrogens is 1. The first-order valence-electron chi connectivity index (χ1n) is 9.16. The Morgan fingerprint density at radius 3 is 2.59 bits per heavy atom. The number of nitrogens with one attached hydrogen (secondary N) is 2. The molecule has 1 aliphatic heterocycles. The van der Waals surface area contributed by atoms with Gasteiger partial charge in [-0.2, -0.15) is 0 Å². The number of carbonyl (C=O) groups excluding carboxylic acids is 1. The van der Waals surface area contributed by atoms with E-state index in [1.54, 1.807) is 11.1 Å². The third-order valence-corrected chi connectivity index (χ3v) is 4.28. The van der Waals surface area contributed by atoms with Crippen LogP contribution < -0.4 is 10.6 Å². The smallest absolute Gasteiger partial charge is 0.409 e. The van der Waals surface area contributed by atoms with Crippen molar-refractivity contribution in [3.63, 3.8) is 0 Å². The minimum atomic E-state index is -0.262. The summed E-state index contributed by atoms with van der Waals surface area (Å²) in [5.74, 6) is 2.20. The highest BCUT2D eigenvalue weighted by molar-refractivity contribution is 14.0. The van der Waals surface area contributed by atoms with E-state index in [1.165, 1.54) is 7.11 Å². The van der Waals surface area contributed by atoms with Gasteiger partial charge in [-0.25, -0.2) is 14.8 Å². The SMILES string of the molecule is CCNC(=NCc1ncc(C(C)(C)C)o1)NC1CCN(C(=O)OC)CC1.I. The van der Waals surface area contributed by atoms with Gasteiger partial charge in [-0.3, -0.25) is 0 Å². The van der Waals surface area contributed by atoms with Gasteiger partial charge in [0.2, 0.25) is 5.89 Å². The number of guanidine groups is 1. The summed E-state index contributed by atoms with van der Waals surface area (Å²) in [5, 5.41) is 6.68. The largest absolute Gasteiger partial charge is 0.453 e. The second kappa shape index (κ2) is 10.7. The number of hydrogen-bond acceptors (Lipinski definition) is 5. The molecule has 2 heterocycles. The molecule has 1 saturated heterocycles. The molecule has 0 spiro atoms. The van der Waals surface area contributed by atoms with Crippen molar-refractivity contribution < 1.29 is 13.9 Å².